The maximum Gasteiger partial charge on any atom is 0.306 e. The lowest BCUT2D eigenvalue weighted by atomic mass is 10.2. The molecule has 4 nitrogen and oxygen atoms in total. The molecular formula is C13H14Cl2O4S. The van der Waals surface area contributed by atoms with Gasteiger partial charge in [0.25, 0.3) is 0 Å². The van der Waals surface area contributed by atoms with Crippen LogP contribution in [0.2, 0.25) is 10.0 Å². The topological polar surface area (TPSA) is 60.4 Å². The second kappa shape index (κ2) is 8.39. The summed E-state index contributed by atoms with van der Waals surface area (Å²) in [6.45, 7) is 1.96. The zero-order valence-corrected chi connectivity index (χ0v) is 13.2. The highest BCUT2D eigenvalue weighted by Gasteiger charge is 2.17. The molecule has 0 heterocycles. The Labute approximate surface area is 129 Å². The smallest absolute Gasteiger partial charge is 0.306 e. The van der Waals surface area contributed by atoms with Crippen LogP contribution in [0.5, 0.6) is 0 Å². The van der Waals surface area contributed by atoms with Gasteiger partial charge >= 0.3 is 5.97 Å². The Balaban J connectivity index is 2.58. The van der Waals surface area contributed by atoms with Crippen LogP contribution in [-0.4, -0.2) is 28.3 Å². The number of ketones is 1. The fraction of sp³-hybridized carbons (Fsp3) is 0.385. The molecule has 110 valence electrons. The molecule has 0 aliphatic heterocycles. The number of hydrogen-bond donors (Lipinski definition) is 0. The number of ether oxygens (including phenoxy) is 1. The number of rotatable bonds is 7. The Morgan fingerprint density at radius 1 is 1.20 bits per heavy atom. The minimum atomic E-state index is -1.62. The van der Waals surface area contributed by atoms with Gasteiger partial charge in [-0.3, -0.25) is 13.8 Å². The second-order valence-corrected chi connectivity index (χ2v) is 6.09. The van der Waals surface area contributed by atoms with Gasteiger partial charge in [-0.2, -0.15) is 0 Å². The Hall–Kier alpha value is -0.910. The molecule has 0 radical (unpaired) electrons. The molecule has 0 aliphatic carbocycles. The van der Waals surface area contributed by atoms with Crippen molar-refractivity contribution in [1.29, 1.82) is 0 Å². The lowest BCUT2D eigenvalue weighted by molar-refractivity contribution is -0.144. The molecule has 1 aromatic rings. The van der Waals surface area contributed by atoms with Gasteiger partial charge < -0.3 is 4.74 Å². The summed E-state index contributed by atoms with van der Waals surface area (Å²) < 4.78 is 16.8. The van der Waals surface area contributed by atoms with Crippen molar-refractivity contribution >= 4 is 45.8 Å². The number of carbonyl (C=O) groups is 2. The van der Waals surface area contributed by atoms with Crippen LogP contribution in [0.4, 0.5) is 0 Å². The highest BCUT2D eigenvalue weighted by Crippen LogP contribution is 2.27. The van der Waals surface area contributed by atoms with Crippen LogP contribution in [0.3, 0.4) is 0 Å². The summed E-state index contributed by atoms with van der Waals surface area (Å²) in [6, 6.07) is 4.75. The molecule has 0 N–H and O–H groups in total. The van der Waals surface area contributed by atoms with Gasteiger partial charge in [0, 0.05) is 6.42 Å². The van der Waals surface area contributed by atoms with Gasteiger partial charge in [-0.1, -0.05) is 29.3 Å². The molecule has 0 aromatic heterocycles. The largest absolute Gasteiger partial charge is 0.466 e. The van der Waals surface area contributed by atoms with Gasteiger partial charge in [-0.05, 0) is 19.1 Å². The minimum absolute atomic E-state index is 0.00730. The van der Waals surface area contributed by atoms with Gasteiger partial charge in [0.05, 0.1) is 44.5 Å². The van der Waals surface area contributed by atoms with E-state index in [1.54, 1.807) is 25.1 Å². The molecule has 20 heavy (non-hydrogen) atoms. The van der Waals surface area contributed by atoms with E-state index in [4.69, 9.17) is 27.9 Å². The summed E-state index contributed by atoms with van der Waals surface area (Å²) in [5.74, 6) is -0.960. The molecule has 0 spiro atoms. The van der Waals surface area contributed by atoms with Crippen LogP contribution in [0.25, 0.3) is 0 Å². The molecule has 0 aliphatic rings. The lowest BCUT2D eigenvalue weighted by Crippen LogP contribution is -2.14. The fourth-order valence-electron chi connectivity index (χ4n) is 1.47. The third kappa shape index (κ3) is 5.23. The predicted octanol–water partition coefficient (Wildman–Crippen LogP) is 3.01. The zero-order valence-electron chi connectivity index (χ0n) is 10.9. The van der Waals surface area contributed by atoms with Gasteiger partial charge in [0.15, 0.2) is 0 Å². The number of hydrogen-bond acceptors (Lipinski definition) is 4. The normalized spacial score (nSPS) is 11.9. The molecule has 1 atom stereocenters. The summed E-state index contributed by atoms with van der Waals surface area (Å²) in [7, 11) is -1.62. The van der Waals surface area contributed by atoms with Crippen LogP contribution in [-0.2, 0) is 25.1 Å². The number of Topliss-reactive ketones (excluding diaryl/α,β-unsaturated/α-hetero) is 1. The molecule has 0 bridgehead atoms. The third-order valence-electron chi connectivity index (χ3n) is 2.35. The molecule has 0 saturated heterocycles. The van der Waals surface area contributed by atoms with Crippen molar-refractivity contribution in [2.75, 3.05) is 12.4 Å². The number of halogens is 2. The first kappa shape index (κ1) is 17.1. The number of carbonyl (C=O) groups excluding carboxylic acids is 2. The van der Waals surface area contributed by atoms with Crippen molar-refractivity contribution in [2.24, 2.45) is 0 Å². The van der Waals surface area contributed by atoms with E-state index >= 15 is 0 Å². The van der Waals surface area contributed by atoms with Crippen LogP contribution < -0.4 is 0 Å². The van der Waals surface area contributed by atoms with E-state index in [1.165, 1.54) is 0 Å². The summed E-state index contributed by atoms with van der Waals surface area (Å²) in [4.78, 5) is 23.0. The van der Waals surface area contributed by atoms with E-state index in [-0.39, 0.29) is 45.9 Å². The molecule has 1 rings (SSSR count). The van der Waals surface area contributed by atoms with Gasteiger partial charge in [-0.25, -0.2) is 0 Å². The van der Waals surface area contributed by atoms with Crippen molar-refractivity contribution < 1.29 is 18.5 Å². The summed E-state index contributed by atoms with van der Waals surface area (Å²) in [5, 5.41) is 0.517. The van der Waals surface area contributed by atoms with E-state index in [1.807, 2.05) is 0 Å². The van der Waals surface area contributed by atoms with Crippen LogP contribution >= 0.6 is 23.2 Å². The molecule has 1 unspecified atom stereocenters. The maximum atomic E-state index is 12.1. The fourth-order valence-corrected chi connectivity index (χ4v) is 3.53. The number of benzene rings is 1. The van der Waals surface area contributed by atoms with Gasteiger partial charge in [0.1, 0.15) is 5.78 Å². The average Bonchev–Trinajstić information content (AvgIpc) is 2.36. The van der Waals surface area contributed by atoms with E-state index in [0.717, 1.165) is 0 Å². The first-order valence-corrected chi connectivity index (χ1v) is 8.03. The Bertz CT molecular complexity index is 511. The molecule has 1 aromatic carbocycles. The van der Waals surface area contributed by atoms with Crippen molar-refractivity contribution in [3.63, 3.8) is 0 Å². The Kier molecular flexibility index (Phi) is 7.19. The summed E-state index contributed by atoms with van der Waals surface area (Å²) >= 11 is 11.8. The number of esters is 1. The van der Waals surface area contributed by atoms with E-state index < -0.39 is 16.8 Å². The quantitative estimate of drug-likeness (QED) is 0.718. The van der Waals surface area contributed by atoms with Crippen LogP contribution in [0, 0.1) is 0 Å². The second-order valence-electron chi connectivity index (χ2n) is 3.88. The summed E-state index contributed by atoms with van der Waals surface area (Å²) in [5.41, 5.74) is 0. The first-order chi connectivity index (χ1) is 9.45. The monoisotopic (exact) mass is 336 g/mol. The van der Waals surface area contributed by atoms with E-state index in [0.29, 0.717) is 0 Å². The van der Waals surface area contributed by atoms with Crippen molar-refractivity contribution in [2.45, 2.75) is 24.7 Å². The minimum Gasteiger partial charge on any atom is -0.466 e. The van der Waals surface area contributed by atoms with Crippen molar-refractivity contribution in [3.05, 3.63) is 28.2 Å². The average molecular weight is 337 g/mol. The highest BCUT2D eigenvalue weighted by molar-refractivity contribution is 7.86. The lowest BCUT2D eigenvalue weighted by Gasteiger charge is -2.06. The first-order valence-electron chi connectivity index (χ1n) is 5.95. The van der Waals surface area contributed by atoms with Gasteiger partial charge in [0.2, 0.25) is 0 Å². The zero-order chi connectivity index (χ0) is 15.1. The third-order valence-corrected chi connectivity index (χ3v) is 4.69. The van der Waals surface area contributed by atoms with E-state index in [2.05, 4.69) is 0 Å². The Morgan fingerprint density at radius 2 is 1.80 bits per heavy atom. The summed E-state index contributed by atoms with van der Waals surface area (Å²) in [6.07, 6.45) is -0.0211. The van der Waals surface area contributed by atoms with Crippen molar-refractivity contribution in [3.8, 4) is 0 Å². The maximum absolute atomic E-state index is 12.1. The molecule has 7 heteroatoms. The predicted molar refractivity (Wildman–Crippen MR) is 78.6 cm³/mol. The Morgan fingerprint density at radius 3 is 2.35 bits per heavy atom. The van der Waals surface area contributed by atoms with E-state index in [9.17, 15) is 13.8 Å². The molecule has 0 amide bonds. The van der Waals surface area contributed by atoms with Crippen molar-refractivity contribution in [1.82, 2.24) is 0 Å². The molecule has 0 fully saturated rings. The standard InChI is InChI=1S/C13H14Cl2O4S/c1-2-19-12(17)7-6-9(16)8-20(18)13-10(14)4-3-5-11(13)15/h3-5H,2,6-8H2,1H3. The highest BCUT2D eigenvalue weighted by atomic mass is 35.5. The molecular weight excluding hydrogens is 323 g/mol. The van der Waals surface area contributed by atoms with Gasteiger partial charge in [-0.15, -0.1) is 0 Å². The SMILES string of the molecule is CCOC(=O)CCC(=O)CS(=O)c1c(Cl)cccc1Cl. The van der Waals surface area contributed by atoms with Crippen LogP contribution in [0.15, 0.2) is 23.1 Å². The molecule has 0 saturated carbocycles. The van der Waals surface area contributed by atoms with Crippen LogP contribution in [0.1, 0.15) is 19.8 Å².